The van der Waals surface area contributed by atoms with Gasteiger partial charge in [-0.25, -0.2) is 0 Å². The molecule has 1 aliphatic heterocycles. The van der Waals surface area contributed by atoms with Crippen LogP contribution >= 0.6 is 0 Å². The van der Waals surface area contributed by atoms with Gasteiger partial charge in [0, 0.05) is 6.54 Å². The van der Waals surface area contributed by atoms with Gasteiger partial charge < -0.3 is 14.5 Å². The Bertz CT molecular complexity index is 731. The summed E-state index contributed by atoms with van der Waals surface area (Å²) >= 11 is 0. The van der Waals surface area contributed by atoms with Crippen molar-refractivity contribution in [3.05, 3.63) is 54.0 Å². The predicted octanol–water partition coefficient (Wildman–Crippen LogP) is 2.48. The fraction of sp³-hybridized carbons (Fsp3) is 0.368. The molecule has 1 aliphatic rings. The lowest BCUT2D eigenvalue weighted by atomic mass is 10.2. The Labute approximate surface area is 147 Å². The van der Waals surface area contributed by atoms with Gasteiger partial charge in [0.05, 0.1) is 23.9 Å². The number of hydrogen-bond donors (Lipinski definition) is 1. The molecule has 1 fully saturated rings. The van der Waals surface area contributed by atoms with Gasteiger partial charge in [0.2, 0.25) is 0 Å². The van der Waals surface area contributed by atoms with Crippen molar-refractivity contribution in [1.82, 2.24) is 10.2 Å². The van der Waals surface area contributed by atoms with E-state index < -0.39 is 0 Å². The van der Waals surface area contributed by atoms with Gasteiger partial charge in [0.1, 0.15) is 11.5 Å². The maximum atomic E-state index is 12.1. The normalized spacial score (nSPS) is 15.5. The molecule has 6 nitrogen and oxygen atoms in total. The zero-order valence-corrected chi connectivity index (χ0v) is 14.0. The molecule has 0 unspecified atom stereocenters. The van der Waals surface area contributed by atoms with Crippen LogP contribution in [0.1, 0.15) is 30.2 Å². The summed E-state index contributed by atoms with van der Waals surface area (Å²) in [4.78, 5) is 14.4. The number of carbonyl (C=O) groups excluding carboxylic acids is 1. The third-order valence-electron chi connectivity index (χ3n) is 4.28. The number of furan rings is 1. The summed E-state index contributed by atoms with van der Waals surface area (Å²) in [7, 11) is 0. The van der Waals surface area contributed by atoms with Crippen molar-refractivity contribution in [2.24, 2.45) is 0 Å². The number of rotatable bonds is 7. The molecule has 0 aliphatic carbocycles. The van der Waals surface area contributed by atoms with E-state index in [1.165, 1.54) is 12.8 Å². The standard InChI is InChI=1S/C19H21N3O3/c20-12-15-5-3-6-16(11-15)25-14-19(23)21-13-17(18-7-4-10-24-18)22-8-1-2-9-22/h3-7,10-11,17H,1-2,8-9,13-14H2,(H,21,23)/t17-/m0/s1. The van der Waals surface area contributed by atoms with E-state index in [1.807, 2.05) is 18.2 Å². The Morgan fingerprint density at radius 3 is 2.88 bits per heavy atom. The molecular formula is C19H21N3O3. The average Bonchev–Trinajstić information content (AvgIpc) is 3.35. The molecule has 1 amide bonds. The van der Waals surface area contributed by atoms with Gasteiger partial charge in [0.25, 0.3) is 5.91 Å². The zero-order valence-electron chi connectivity index (χ0n) is 14.0. The second-order valence-corrected chi connectivity index (χ2v) is 6.01. The molecule has 0 spiro atoms. The number of ether oxygens (including phenoxy) is 1. The fourth-order valence-corrected chi connectivity index (χ4v) is 3.01. The molecule has 0 saturated carbocycles. The summed E-state index contributed by atoms with van der Waals surface area (Å²) in [5.74, 6) is 1.18. The van der Waals surface area contributed by atoms with Crippen molar-refractivity contribution < 1.29 is 13.9 Å². The van der Waals surface area contributed by atoms with E-state index in [0.29, 0.717) is 17.9 Å². The van der Waals surface area contributed by atoms with Gasteiger partial charge in [-0.15, -0.1) is 0 Å². The Hall–Kier alpha value is -2.78. The van der Waals surface area contributed by atoms with E-state index >= 15 is 0 Å². The minimum absolute atomic E-state index is 0.0448. The first kappa shape index (κ1) is 17.1. The first-order valence-corrected chi connectivity index (χ1v) is 8.43. The zero-order chi connectivity index (χ0) is 17.5. The number of nitriles is 1. The summed E-state index contributed by atoms with van der Waals surface area (Å²) in [5, 5.41) is 11.8. The van der Waals surface area contributed by atoms with E-state index in [0.717, 1.165) is 18.8 Å². The summed E-state index contributed by atoms with van der Waals surface area (Å²) in [6.07, 6.45) is 4.00. The minimum Gasteiger partial charge on any atom is -0.484 e. The molecular weight excluding hydrogens is 318 g/mol. The van der Waals surface area contributed by atoms with Crippen molar-refractivity contribution in [2.75, 3.05) is 26.2 Å². The maximum Gasteiger partial charge on any atom is 0.258 e. The van der Waals surface area contributed by atoms with Gasteiger partial charge in [-0.05, 0) is 56.3 Å². The monoisotopic (exact) mass is 339 g/mol. The van der Waals surface area contributed by atoms with Crippen LogP contribution in [-0.4, -0.2) is 37.0 Å². The Morgan fingerprint density at radius 2 is 2.16 bits per heavy atom. The third kappa shape index (κ3) is 4.61. The second-order valence-electron chi connectivity index (χ2n) is 6.01. The lowest BCUT2D eigenvalue weighted by Crippen LogP contribution is -2.38. The van der Waals surface area contributed by atoms with Gasteiger partial charge in [-0.2, -0.15) is 5.26 Å². The van der Waals surface area contributed by atoms with Crippen LogP contribution in [0.4, 0.5) is 0 Å². The highest BCUT2D eigenvalue weighted by atomic mass is 16.5. The quantitative estimate of drug-likeness (QED) is 0.838. The Balaban J connectivity index is 1.52. The molecule has 1 saturated heterocycles. The van der Waals surface area contributed by atoms with Crippen LogP contribution < -0.4 is 10.1 Å². The van der Waals surface area contributed by atoms with Crippen LogP contribution in [0, 0.1) is 11.3 Å². The molecule has 25 heavy (non-hydrogen) atoms. The molecule has 2 aromatic rings. The smallest absolute Gasteiger partial charge is 0.258 e. The van der Waals surface area contributed by atoms with Crippen molar-refractivity contribution in [3.8, 4) is 11.8 Å². The number of benzene rings is 1. The van der Waals surface area contributed by atoms with Crippen LogP contribution in [0.25, 0.3) is 0 Å². The van der Waals surface area contributed by atoms with Gasteiger partial charge in [-0.3, -0.25) is 9.69 Å². The SMILES string of the molecule is N#Cc1cccc(OCC(=O)NC[C@@H](c2ccco2)N2CCCC2)c1. The van der Waals surface area contributed by atoms with Crippen LogP contribution in [0.5, 0.6) is 5.75 Å². The molecule has 1 aromatic heterocycles. The summed E-state index contributed by atoms with van der Waals surface area (Å²) in [6.45, 7) is 2.42. The topological polar surface area (TPSA) is 78.5 Å². The van der Waals surface area contributed by atoms with E-state index in [4.69, 9.17) is 14.4 Å². The number of nitrogens with one attached hydrogen (secondary N) is 1. The van der Waals surface area contributed by atoms with E-state index in [2.05, 4.69) is 10.2 Å². The summed E-state index contributed by atoms with van der Waals surface area (Å²) < 4.78 is 11.0. The lowest BCUT2D eigenvalue weighted by molar-refractivity contribution is -0.123. The van der Waals surface area contributed by atoms with Crippen molar-refractivity contribution in [3.63, 3.8) is 0 Å². The molecule has 0 radical (unpaired) electrons. The molecule has 3 rings (SSSR count). The Morgan fingerprint density at radius 1 is 1.32 bits per heavy atom. The minimum atomic E-state index is -0.196. The van der Waals surface area contributed by atoms with Crippen LogP contribution in [0.3, 0.4) is 0 Å². The maximum absolute atomic E-state index is 12.1. The van der Waals surface area contributed by atoms with Crippen molar-refractivity contribution in [2.45, 2.75) is 18.9 Å². The van der Waals surface area contributed by atoms with E-state index in [9.17, 15) is 4.79 Å². The first-order chi connectivity index (χ1) is 12.3. The molecule has 2 heterocycles. The van der Waals surface area contributed by atoms with Gasteiger partial charge >= 0.3 is 0 Å². The highest BCUT2D eigenvalue weighted by Gasteiger charge is 2.25. The lowest BCUT2D eigenvalue weighted by Gasteiger charge is -2.26. The number of hydrogen-bond acceptors (Lipinski definition) is 5. The van der Waals surface area contributed by atoms with Crippen LogP contribution in [0.15, 0.2) is 47.1 Å². The number of nitrogens with zero attached hydrogens (tertiary/aromatic N) is 2. The van der Waals surface area contributed by atoms with Crippen molar-refractivity contribution in [1.29, 1.82) is 5.26 Å². The largest absolute Gasteiger partial charge is 0.484 e. The van der Waals surface area contributed by atoms with E-state index in [1.54, 1.807) is 30.5 Å². The number of carbonyl (C=O) groups is 1. The molecule has 130 valence electrons. The molecule has 0 bridgehead atoms. The van der Waals surface area contributed by atoms with E-state index in [-0.39, 0.29) is 18.6 Å². The third-order valence-corrected chi connectivity index (χ3v) is 4.28. The summed E-state index contributed by atoms with van der Waals surface area (Å²) in [6, 6.07) is 12.7. The molecule has 1 N–H and O–H groups in total. The molecule has 1 aromatic carbocycles. The average molecular weight is 339 g/mol. The summed E-state index contributed by atoms with van der Waals surface area (Å²) in [5.41, 5.74) is 0.504. The highest BCUT2D eigenvalue weighted by molar-refractivity contribution is 5.77. The second kappa shape index (κ2) is 8.36. The van der Waals surface area contributed by atoms with Crippen molar-refractivity contribution >= 4 is 5.91 Å². The van der Waals surface area contributed by atoms with Gasteiger partial charge in [-0.1, -0.05) is 6.07 Å². The van der Waals surface area contributed by atoms with Crippen LogP contribution in [0.2, 0.25) is 0 Å². The number of amides is 1. The highest BCUT2D eigenvalue weighted by Crippen LogP contribution is 2.24. The van der Waals surface area contributed by atoms with Gasteiger partial charge in [0.15, 0.2) is 6.61 Å². The predicted molar refractivity (Wildman–Crippen MR) is 91.9 cm³/mol. The Kier molecular flexibility index (Phi) is 5.70. The first-order valence-electron chi connectivity index (χ1n) is 8.43. The molecule has 6 heteroatoms. The number of likely N-dealkylation sites (tertiary alicyclic amines) is 1. The molecule has 1 atom stereocenters. The van der Waals surface area contributed by atoms with Crippen LogP contribution in [-0.2, 0) is 4.79 Å². The fourth-order valence-electron chi connectivity index (χ4n) is 3.01.